The van der Waals surface area contributed by atoms with Crippen molar-refractivity contribution in [2.75, 3.05) is 12.4 Å². The number of anilines is 1. The molecule has 1 N–H and O–H groups in total. The molecule has 2 nitrogen and oxygen atoms in total. The molecule has 1 aromatic rings. The number of methoxy groups -OCH3 is 1. The zero-order chi connectivity index (χ0) is 14.7. The summed E-state index contributed by atoms with van der Waals surface area (Å²) in [5.41, 5.74) is 2.43. The predicted octanol–water partition coefficient (Wildman–Crippen LogP) is 4.88. The average molecular weight is 275 g/mol. The summed E-state index contributed by atoms with van der Waals surface area (Å²) in [6.45, 7) is 9.20. The van der Waals surface area contributed by atoms with Gasteiger partial charge in [-0.05, 0) is 61.3 Å². The van der Waals surface area contributed by atoms with Gasteiger partial charge in [0.15, 0.2) is 0 Å². The zero-order valence-electron chi connectivity index (χ0n) is 13.6. The molecule has 1 aliphatic carbocycles. The summed E-state index contributed by atoms with van der Waals surface area (Å²) >= 11 is 0. The van der Waals surface area contributed by atoms with Gasteiger partial charge in [0, 0.05) is 11.7 Å². The van der Waals surface area contributed by atoms with Crippen molar-refractivity contribution >= 4 is 5.69 Å². The lowest BCUT2D eigenvalue weighted by molar-refractivity contribution is 0.212. The Morgan fingerprint density at radius 1 is 1.25 bits per heavy atom. The van der Waals surface area contributed by atoms with E-state index in [0.717, 1.165) is 23.5 Å². The van der Waals surface area contributed by atoms with Gasteiger partial charge in [0.2, 0.25) is 0 Å². The molecule has 1 aromatic carbocycles. The van der Waals surface area contributed by atoms with Gasteiger partial charge >= 0.3 is 0 Å². The van der Waals surface area contributed by atoms with Gasteiger partial charge in [-0.2, -0.15) is 0 Å². The van der Waals surface area contributed by atoms with Crippen LogP contribution in [0.3, 0.4) is 0 Å². The smallest absolute Gasteiger partial charge is 0.121 e. The third-order valence-corrected chi connectivity index (χ3v) is 4.77. The quantitative estimate of drug-likeness (QED) is 0.846. The van der Waals surface area contributed by atoms with Crippen molar-refractivity contribution in [3.8, 4) is 5.75 Å². The van der Waals surface area contributed by atoms with E-state index in [1.807, 2.05) is 0 Å². The lowest BCUT2D eigenvalue weighted by Gasteiger charge is -2.38. The van der Waals surface area contributed by atoms with Crippen molar-refractivity contribution in [3.05, 3.63) is 23.8 Å². The van der Waals surface area contributed by atoms with E-state index in [9.17, 15) is 0 Å². The Bertz CT molecular complexity index is 441. The van der Waals surface area contributed by atoms with E-state index in [-0.39, 0.29) is 0 Å². The van der Waals surface area contributed by atoms with Gasteiger partial charge in [0.05, 0.1) is 7.11 Å². The van der Waals surface area contributed by atoms with E-state index < -0.39 is 0 Å². The first-order valence-corrected chi connectivity index (χ1v) is 7.92. The maximum Gasteiger partial charge on any atom is 0.121 e. The molecule has 0 bridgehead atoms. The molecule has 1 saturated carbocycles. The number of aryl methyl sites for hydroxylation is 1. The van der Waals surface area contributed by atoms with Crippen LogP contribution >= 0.6 is 0 Å². The van der Waals surface area contributed by atoms with Crippen LogP contribution in [0.15, 0.2) is 18.2 Å². The van der Waals surface area contributed by atoms with Gasteiger partial charge in [-0.1, -0.05) is 27.2 Å². The van der Waals surface area contributed by atoms with E-state index >= 15 is 0 Å². The van der Waals surface area contributed by atoms with Crippen LogP contribution in [0.1, 0.15) is 45.6 Å². The largest absolute Gasteiger partial charge is 0.496 e. The van der Waals surface area contributed by atoms with Crippen LogP contribution in [0.25, 0.3) is 0 Å². The molecule has 2 heteroatoms. The molecular weight excluding hydrogens is 246 g/mol. The third kappa shape index (κ3) is 3.47. The minimum atomic E-state index is 0.603. The molecule has 0 spiro atoms. The number of benzene rings is 1. The van der Waals surface area contributed by atoms with Crippen molar-refractivity contribution < 1.29 is 4.74 Å². The first kappa shape index (κ1) is 15.2. The molecule has 0 amide bonds. The van der Waals surface area contributed by atoms with Crippen LogP contribution in [0, 0.1) is 24.7 Å². The molecule has 3 atom stereocenters. The first-order valence-electron chi connectivity index (χ1n) is 7.92. The third-order valence-electron chi connectivity index (χ3n) is 4.77. The van der Waals surface area contributed by atoms with Crippen LogP contribution in [-0.4, -0.2) is 13.2 Å². The molecule has 2 rings (SSSR count). The fourth-order valence-electron chi connectivity index (χ4n) is 3.55. The fourth-order valence-corrected chi connectivity index (χ4v) is 3.55. The summed E-state index contributed by atoms with van der Waals surface area (Å²) in [7, 11) is 1.73. The molecule has 3 unspecified atom stereocenters. The Morgan fingerprint density at radius 2 is 2.00 bits per heavy atom. The highest BCUT2D eigenvalue weighted by molar-refractivity contribution is 5.51. The summed E-state index contributed by atoms with van der Waals surface area (Å²) in [6, 6.07) is 7.01. The number of hydrogen-bond acceptors (Lipinski definition) is 2. The molecular formula is C18H29NO. The predicted molar refractivity (Wildman–Crippen MR) is 86.5 cm³/mol. The van der Waals surface area contributed by atoms with Crippen LogP contribution in [-0.2, 0) is 0 Å². The SMILES string of the molecule is COc1ccc(NC2CC(C)CCC2C(C)C)cc1C. The van der Waals surface area contributed by atoms with Crippen molar-refractivity contribution in [2.45, 2.75) is 53.0 Å². The Balaban J connectivity index is 2.11. The Morgan fingerprint density at radius 3 is 2.60 bits per heavy atom. The van der Waals surface area contributed by atoms with Crippen molar-refractivity contribution in [1.82, 2.24) is 0 Å². The molecule has 0 aromatic heterocycles. The highest BCUT2D eigenvalue weighted by Gasteiger charge is 2.30. The van der Waals surface area contributed by atoms with Crippen molar-refractivity contribution in [1.29, 1.82) is 0 Å². The number of nitrogens with one attached hydrogen (secondary N) is 1. The van der Waals surface area contributed by atoms with E-state index in [0.29, 0.717) is 6.04 Å². The second kappa shape index (κ2) is 6.51. The standard InChI is InChI=1S/C18H29NO/c1-12(2)16-8-6-13(3)10-17(16)19-15-7-9-18(20-5)14(4)11-15/h7,9,11-13,16-17,19H,6,8,10H2,1-5H3. The molecule has 0 saturated heterocycles. The summed E-state index contributed by atoms with van der Waals surface area (Å²) < 4.78 is 5.34. The summed E-state index contributed by atoms with van der Waals surface area (Å²) in [6.07, 6.45) is 4.02. The van der Waals surface area contributed by atoms with E-state index in [4.69, 9.17) is 4.74 Å². The average Bonchev–Trinajstić information content (AvgIpc) is 2.38. The molecule has 1 aliphatic rings. The highest BCUT2D eigenvalue weighted by atomic mass is 16.5. The number of ether oxygens (including phenoxy) is 1. The molecule has 1 fully saturated rings. The molecule has 20 heavy (non-hydrogen) atoms. The second-order valence-electron chi connectivity index (χ2n) is 6.76. The van der Waals surface area contributed by atoms with Crippen molar-refractivity contribution in [3.63, 3.8) is 0 Å². The van der Waals surface area contributed by atoms with Gasteiger partial charge in [-0.25, -0.2) is 0 Å². The molecule has 0 heterocycles. The molecule has 0 aliphatic heterocycles. The van der Waals surface area contributed by atoms with Crippen LogP contribution in [0.4, 0.5) is 5.69 Å². The topological polar surface area (TPSA) is 21.3 Å². The monoisotopic (exact) mass is 275 g/mol. The Labute approximate surface area is 123 Å². The van der Waals surface area contributed by atoms with Crippen molar-refractivity contribution in [2.24, 2.45) is 17.8 Å². The number of rotatable bonds is 4. The van der Waals surface area contributed by atoms with Gasteiger partial charge in [0.1, 0.15) is 5.75 Å². The normalized spacial score (nSPS) is 26.6. The summed E-state index contributed by atoms with van der Waals surface area (Å²) in [5.74, 6) is 3.34. The van der Waals surface area contributed by atoms with E-state index in [2.05, 4.69) is 51.2 Å². The fraction of sp³-hybridized carbons (Fsp3) is 0.667. The van der Waals surface area contributed by atoms with Crippen LogP contribution in [0.5, 0.6) is 5.75 Å². The minimum absolute atomic E-state index is 0.603. The van der Waals surface area contributed by atoms with Crippen LogP contribution < -0.4 is 10.1 Å². The Hall–Kier alpha value is -1.18. The minimum Gasteiger partial charge on any atom is -0.496 e. The zero-order valence-corrected chi connectivity index (χ0v) is 13.6. The Kier molecular flexibility index (Phi) is 4.95. The van der Waals surface area contributed by atoms with Gasteiger partial charge < -0.3 is 10.1 Å². The van der Waals surface area contributed by atoms with E-state index in [1.165, 1.54) is 30.5 Å². The second-order valence-corrected chi connectivity index (χ2v) is 6.76. The molecule has 112 valence electrons. The lowest BCUT2D eigenvalue weighted by Crippen LogP contribution is -2.37. The van der Waals surface area contributed by atoms with Gasteiger partial charge in [-0.15, -0.1) is 0 Å². The highest BCUT2D eigenvalue weighted by Crippen LogP contribution is 2.35. The number of hydrogen-bond donors (Lipinski definition) is 1. The maximum absolute atomic E-state index is 5.34. The summed E-state index contributed by atoms with van der Waals surface area (Å²) in [5, 5.41) is 3.78. The molecule has 0 radical (unpaired) electrons. The summed E-state index contributed by atoms with van der Waals surface area (Å²) in [4.78, 5) is 0. The van der Waals surface area contributed by atoms with Gasteiger partial charge in [-0.3, -0.25) is 0 Å². The van der Waals surface area contributed by atoms with Gasteiger partial charge in [0.25, 0.3) is 0 Å². The maximum atomic E-state index is 5.34. The first-order chi connectivity index (χ1) is 9.51. The van der Waals surface area contributed by atoms with E-state index in [1.54, 1.807) is 7.11 Å². The van der Waals surface area contributed by atoms with Crippen LogP contribution in [0.2, 0.25) is 0 Å². The lowest BCUT2D eigenvalue weighted by atomic mass is 9.74.